The van der Waals surface area contributed by atoms with Gasteiger partial charge < -0.3 is 14.8 Å². The number of nitrogens with zero attached hydrogens (tertiary/aromatic N) is 2. The minimum absolute atomic E-state index is 0.0337. The van der Waals surface area contributed by atoms with Gasteiger partial charge in [-0.15, -0.1) is 0 Å². The molecule has 0 saturated carbocycles. The van der Waals surface area contributed by atoms with Crippen molar-refractivity contribution in [1.29, 1.82) is 0 Å². The van der Waals surface area contributed by atoms with Crippen LogP contribution < -0.4 is 15.4 Å². The van der Waals surface area contributed by atoms with Gasteiger partial charge in [-0.2, -0.15) is 0 Å². The highest BCUT2D eigenvalue weighted by Crippen LogP contribution is 2.51. The van der Waals surface area contributed by atoms with E-state index in [1.54, 1.807) is 39.0 Å². The number of alkyl halides is 1. The first-order valence-electron chi connectivity index (χ1n) is 9.76. The summed E-state index contributed by atoms with van der Waals surface area (Å²) in [7, 11) is 1.49. The number of rotatable bonds is 0. The molecule has 0 radical (unpaired) electrons. The zero-order valence-corrected chi connectivity index (χ0v) is 20.1. The number of fused-ring (bicyclic) bond motifs is 3. The fraction of sp³-hybridized carbons (Fsp3) is 0.381. The SMILES string of the molecule is CN1C(=O)CC2(N=C1NC(=O)OC(C)(C)C)C1=C(Oc3ccc(Br)cc32)[C@H](F)NC(Cl)=C1. The average molecular weight is 528 g/mol. The second-order valence-corrected chi connectivity index (χ2v) is 9.89. The van der Waals surface area contributed by atoms with Crippen molar-refractivity contribution in [2.45, 2.75) is 44.6 Å². The van der Waals surface area contributed by atoms with E-state index in [0.29, 0.717) is 21.4 Å². The fourth-order valence-electron chi connectivity index (χ4n) is 3.74. The molecule has 8 nitrogen and oxygen atoms in total. The van der Waals surface area contributed by atoms with E-state index in [2.05, 4.69) is 26.6 Å². The minimum Gasteiger partial charge on any atom is -0.456 e. The molecule has 4 rings (SSSR count). The van der Waals surface area contributed by atoms with Crippen LogP contribution >= 0.6 is 27.5 Å². The summed E-state index contributed by atoms with van der Waals surface area (Å²) in [4.78, 5) is 31.5. The molecule has 32 heavy (non-hydrogen) atoms. The molecule has 2 N–H and O–H groups in total. The Morgan fingerprint density at radius 1 is 1.47 bits per heavy atom. The average Bonchev–Trinajstić information content (AvgIpc) is 2.66. The van der Waals surface area contributed by atoms with Crippen LogP contribution in [0, 0.1) is 0 Å². The highest BCUT2D eigenvalue weighted by atomic mass is 79.9. The van der Waals surface area contributed by atoms with E-state index in [1.807, 2.05) is 0 Å². The van der Waals surface area contributed by atoms with Crippen LogP contribution in [0.1, 0.15) is 32.8 Å². The van der Waals surface area contributed by atoms with Crippen molar-refractivity contribution >= 4 is 45.5 Å². The van der Waals surface area contributed by atoms with Crippen molar-refractivity contribution in [3.8, 4) is 5.75 Å². The second kappa shape index (κ2) is 7.77. The zero-order valence-electron chi connectivity index (χ0n) is 17.8. The maximum Gasteiger partial charge on any atom is 0.414 e. The Kier molecular flexibility index (Phi) is 5.49. The van der Waals surface area contributed by atoms with Crippen LogP contribution in [0.15, 0.2) is 50.2 Å². The summed E-state index contributed by atoms with van der Waals surface area (Å²) >= 11 is 9.56. The van der Waals surface area contributed by atoms with Crippen molar-refractivity contribution in [2.24, 2.45) is 4.99 Å². The molecule has 3 aliphatic rings. The van der Waals surface area contributed by atoms with Crippen molar-refractivity contribution in [1.82, 2.24) is 15.5 Å². The van der Waals surface area contributed by atoms with Gasteiger partial charge in [0, 0.05) is 22.7 Å². The van der Waals surface area contributed by atoms with Gasteiger partial charge in [0.25, 0.3) is 0 Å². The summed E-state index contributed by atoms with van der Waals surface area (Å²) in [6, 6.07) is 5.16. The van der Waals surface area contributed by atoms with Gasteiger partial charge in [0.15, 0.2) is 5.76 Å². The van der Waals surface area contributed by atoms with Gasteiger partial charge in [-0.05, 0) is 45.0 Å². The third-order valence-electron chi connectivity index (χ3n) is 5.09. The van der Waals surface area contributed by atoms with Gasteiger partial charge in [-0.1, -0.05) is 27.5 Å². The van der Waals surface area contributed by atoms with Crippen LogP contribution in [0.3, 0.4) is 0 Å². The summed E-state index contributed by atoms with van der Waals surface area (Å²) < 4.78 is 26.7. The predicted octanol–water partition coefficient (Wildman–Crippen LogP) is 4.01. The summed E-state index contributed by atoms with van der Waals surface area (Å²) in [5, 5.41) is 5.05. The number of dihydropyridines is 1. The quantitative estimate of drug-likeness (QED) is 0.498. The van der Waals surface area contributed by atoms with Crippen LogP contribution in [-0.2, 0) is 15.1 Å². The Hall–Kier alpha value is -2.59. The number of alkyl carbamates (subject to hydrolysis) is 1. The Bertz CT molecular complexity index is 1110. The molecular weight excluding hydrogens is 507 g/mol. The van der Waals surface area contributed by atoms with Gasteiger partial charge in [-0.3, -0.25) is 15.0 Å². The van der Waals surface area contributed by atoms with Crippen LogP contribution in [-0.4, -0.2) is 41.8 Å². The molecule has 1 spiro atoms. The summed E-state index contributed by atoms with van der Waals surface area (Å²) in [5.41, 5.74) is -1.29. The Morgan fingerprint density at radius 3 is 2.88 bits per heavy atom. The van der Waals surface area contributed by atoms with E-state index in [0.717, 1.165) is 0 Å². The summed E-state index contributed by atoms with van der Waals surface area (Å²) in [5.74, 6) is -0.0691. The van der Waals surface area contributed by atoms with Crippen LogP contribution in [0.25, 0.3) is 0 Å². The number of hydrogen-bond donors (Lipinski definition) is 2. The van der Waals surface area contributed by atoms with E-state index in [1.165, 1.54) is 18.0 Å². The van der Waals surface area contributed by atoms with Crippen molar-refractivity contribution in [2.75, 3.05) is 7.05 Å². The largest absolute Gasteiger partial charge is 0.456 e. The Labute approximate surface area is 197 Å². The standard InChI is InChI=1S/C21H21BrClFN4O4/c1-20(2,3)32-19(30)26-18-27-21(9-15(29)28(18)4)11-7-10(22)5-6-13(11)31-16-12(21)8-14(23)25-17(16)24/h5-8,17,25H,9H2,1-4H3,(H,26,27,30)/t17-,21?/m1/s1. The van der Waals surface area contributed by atoms with E-state index >= 15 is 0 Å². The highest BCUT2D eigenvalue weighted by molar-refractivity contribution is 9.10. The fourth-order valence-corrected chi connectivity index (χ4v) is 4.30. The molecule has 2 atom stereocenters. The minimum atomic E-state index is -1.73. The Morgan fingerprint density at radius 2 is 2.19 bits per heavy atom. The van der Waals surface area contributed by atoms with Crippen LogP contribution in [0.2, 0.25) is 0 Å². The molecule has 1 unspecified atom stereocenters. The molecule has 0 saturated heterocycles. The number of benzene rings is 1. The Balaban J connectivity index is 1.91. The highest BCUT2D eigenvalue weighted by Gasteiger charge is 2.51. The third-order valence-corrected chi connectivity index (χ3v) is 5.80. The molecule has 1 aromatic rings. The van der Waals surface area contributed by atoms with Crippen molar-refractivity contribution in [3.63, 3.8) is 0 Å². The lowest BCUT2D eigenvalue weighted by Gasteiger charge is -2.43. The number of amides is 2. The monoisotopic (exact) mass is 526 g/mol. The molecule has 170 valence electrons. The summed E-state index contributed by atoms with van der Waals surface area (Å²) in [6.45, 7) is 5.16. The number of aliphatic imine (C=N–C) groups is 1. The van der Waals surface area contributed by atoms with E-state index in [-0.39, 0.29) is 29.2 Å². The number of guanidine groups is 1. The van der Waals surface area contributed by atoms with Crippen LogP contribution in [0.5, 0.6) is 5.75 Å². The number of carbonyl (C=O) groups excluding carboxylic acids is 2. The molecule has 0 aromatic heterocycles. The maximum absolute atomic E-state index is 14.9. The lowest BCUT2D eigenvalue weighted by molar-refractivity contribution is -0.128. The smallest absolute Gasteiger partial charge is 0.414 e. The van der Waals surface area contributed by atoms with E-state index < -0.39 is 23.5 Å². The predicted molar refractivity (Wildman–Crippen MR) is 120 cm³/mol. The van der Waals surface area contributed by atoms with Gasteiger partial charge in [-0.25, -0.2) is 14.2 Å². The molecule has 3 aliphatic heterocycles. The topological polar surface area (TPSA) is 92.3 Å². The van der Waals surface area contributed by atoms with Gasteiger partial charge in [0.2, 0.25) is 18.2 Å². The number of nitrogens with one attached hydrogen (secondary N) is 2. The number of hydrogen-bond acceptors (Lipinski definition) is 6. The lowest BCUT2D eigenvalue weighted by atomic mass is 9.76. The summed E-state index contributed by atoms with van der Waals surface area (Å²) in [6.07, 6.45) is -1.14. The number of carbonyl (C=O) groups is 2. The first kappa shape index (κ1) is 22.6. The normalized spacial score (nSPS) is 24.7. The molecule has 0 aliphatic carbocycles. The van der Waals surface area contributed by atoms with Gasteiger partial charge >= 0.3 is 6.09 Å². The zero-order chi connectivity index (χ0) is 23.4. The van der Waals surface area contributed by atoms with Gasteiger partial charge in [0.1, 0.15) is 22.0 Å². The van der Waals surface area contributed by atoms with Gasteiger partial charge in [0.05, 0.1) is 6.42 Å². The first-order chi connectivity index (χ1) is 14.9. The molecule has 0 fully saturated rings. The van der Waals surface area contributed by atoms with Crippen LogP contribution in [0.4, 0.5) is 9.18 Å². The van der Waals surface area contributed by atoms with Crippen molar-refractivity contribution in [3.05, 3.63) is 50.8 Å². The number of ether oxygens (including phenoxy) is 2. The lowest BCUT2D eigenvalue weighted by Crippen LogP contribution is -2.54. The van der Waals surface area contributed by atoms with E-state index in [9.17, 15) is 14.0 Å². The number of halogens is 3. The molecule has 1 aromatic carbocycles. The molecule has 11 heteroatoms. The van der Waals surface area contributed by atoms with E-state index in [4.69, 9.17) is 26.1 Å². The second-order valence-electron chi connectivity index (χ2n) is 8.57. The molecule has 2 amide bonds. The molecular formula is C21H21BrClFN4O4. The van der Waals surface area contributed by atoms with Crippen molar-refractivity contribution < 1.29 is 23.5 Å². The molecule has 0 bridgehead atoms. The maximum atomic E-state index is 14.9. The molecule has 3 heterocycles. The third kappa shape index (κ3) is 3.97. The first-order valence-corrected chi connectivity index (χ1v) is 10.9.